The summed E-state index contributed by atoms with van der Waals surface area (Å²) in [5.74, 6) is 0. The second kappa shape index (κ2) is 17.6. The van der Waals surface area contributed by atoms with E-state index < -0.39 is 0 Å². The quantitative estimate of drug-likeness (QED) is 0.128. The van der Waals surface area contributed by atoms with E-state index in [1.807, 2.05) is 0 Å². The van der Waals surface area contributed by atoms with Crippen molar-refractivity contribution in [3.8, 4) is 22.3 Å². The Bertz CT molecular complexity index is 4480. The number of aryl methyl sites for hydroxylation is 2. The Kier molecular flexibility index (Phi) is 10.9. The second-order valence-electron chi connectivity index (χ2n) is 28.8. The molecular weight excluding hydrogens is 1000 g/mol. The third-order valence-electron chi connectivity index (χ3n) is 19.0. The van der Waals surface area contributed by atoms with Crippen LogP contribution in [0.15, 0.2) is 188 Å². The first-order valence-corrected chi connectivity index (χ1v) is 30.2. The second-order valence-corrected chi connectivity index (χ2v) is 28.8. The predicted molar refractivity (Wildman–Crippen MR) is 363 cm³/mol. The van der Waals surface area contributed by atoms with Gasteiger partial charge >= 0.3 is 0 Å². The minimum atomic E-state index is -0.149. The van der Waals surface area contributed by atoms with Gasteiger partial charge in [-0.3, -0.25) is 0 Å². The largest absolute Gasteiger partial charge is 0.311 e. The monoisotopic (exact) mass is 1070 g/mol. The van der Waals surface area contributed by atoms with Crippen LogP contribution in [0.25, 0.3) is 86.9 Å². The molecule has 2 aliphatic rings. The molecule has 3 heteroatoms. The molecule has 0 spiro atoms. The zero-order chi connectivity index (χ0) is 57.6. The average molecular weight is 1070 g/mol. The van der Waals surface area contributed by atoms with Crippen LogP contribution in [-0.2, 0) is 21.7 Å². The summed E-state index contributed by atoms with van der Waals surface area (Å²) in [5, 5.41) is 15.7. The lowest BCUT2D eigenvalue weighted by Gasteiger charge is -2.46. The first-order valence-electron chi connectivity index (χ1n) is 30.2. The van der Waals surface area contributed by atoms with Gasteiger partial charge in [0.2, 0.25) is 0 Å². The molecule has 0 saturated heterocycles. The molecule has 0 unspecified atom stereocenters. The number of hydrogen-bond donors (Lipinski definition) is 0. The highest BCUT2D eigenvalue weighted by Crippen LogP contribution is 2.53. The van der Waals surface area contributed by atoms with Gasteiger partial charge in [0.1, 0.15) is 0 Å². The van der Waals surface area contributed by atoms with Gasteiger partial charge in [0, 0.05) is 34.1 Å². The number of fused-ring (bicyclic) bond motifs is 6. The Morgan fingerprint density at radius 2 is 0.651 bits per heavy atom. The van der Waals surface area contributed by atoms with Crippen LogP contribution in [0.4, 0.5) is 34.1 Å². The van der Waals surface area contributed by atoms with Crippen LogP contribution in [0.2, 0.25) is 0 Å². The number of nitrogens with zero attached hydrogens (tertiary/aromatic N) is 2. The van der Waals surface area contributed by atoms with Crippen molar-refractivity contribution in [1.82, 2.24) is 0 Å². The normalized spacial score (nSPS) is 13.8. The van der Waals surface area contributed by atoms with Crippen molar-refractivity contribution < 1.29 is 0 Å². The number of hydrogen-bond acceptors (Lipinski definition) is 2. The summed E-state index contributed by atoms with van der Waals surface area (Å²) in [5.41, 5.74) is 23.8. The zero-order valence-corrected chi connectivity index (χ0v) is 50.9. The first kappa shape index (κ1) is 51.5. The lowest BCUT2D eigenvalue weighted by Crippen LogP contribution is -2.62. The van der Waals surface area contributed by atoms with E-state index in [4.69, 9.17) is 0 Å². The molecule has 13 aromatic carbocycles. The number of rotatable bonds is 4. The summed E-state index contributed by atoms with van der Waals surface area (Å²) in [7, 11) is 0. The molecule has 0 aromatic heterocycles. The molecule has 406 valence electrons. The Labute approximate surface area is 491 Å². The van der Waals surface area contributed by atoms with Crippen molar-refractivity contribution in [3.05, 3.63) is 221 Å². The molecule has 2 aliphatic heterocycles. The van der Waals surface area contributed by atoms with Crippen molar-refractivity contribution in [2.24, 2.45) is 0 Å². The summed E-state index contributed by atoms with van der Waals surface area (Å²) < 4.78 is 0. The van der Waals surface area contributed by atoms with Crippen molar-refractivity contribution in [3.63, 3.8) is 0 Å². The maximum absolute atomic E-state index is 2.72. The van der Waals surface area contributed by atoms with E-state index in [0.29, 0.717) is 0 Å². The first-order chi connectivity index (χ1) is 39.5. The predicted octanol–water partition coefficient (Wildman–Crippen LogP) is 20.7. The maximum Gasteiger partial charge on any atom is 0.253 e. The summed E-state index contributed by atoms with van der Waals surface area (Å²) in [6.07, 6.45) is 0. The fourth-order valence-corrected chi connectivity index (χ4v) is 14.7. The fraction of sp³-hybridized carbons (Fsp3) is 0.225. The molecule has 15 rings (SSSR count). The molecule has 0 atom stereocenters. The van der Waals surface area contributed by atoms with Gasteiger partial charge in [0.05, 0.1) is 0 Å². The SMILES string of the molecule is Cc1cc(-c2ccccc2)cc(C)c1-c1cc2c3c(c1)N(c1cc(C(C)(C)C)cc(C(C)(C)C)c1)c1cc4ccc5cccc6ccc(c1B3c1c(cc3ccc7cccc8ccc1c3c78)N2c1cc(C(C)(C)C)cc(C(C)(C)C)c1)c4c56. The van der Waals surface area contributed by atoms with Crippen molar-refractivity contribution in [2.75, 3.05) is 9.80 Å². The van der Waals surface area contributed by atoms with Gasteiger partial charge in [0.15, 0.2) is 0 Å². The smallest absolute Gasteiger partial charge is 0.253 e. The van der Waals surface area contributed by atoms with E-state index in [1.165, 1.54) is 171 Å². The third-order valence-corrected chi connectivity index (χ3v) is 19.0. The minimum absolute atomic E-state index is 0.114. The molecule has 0 aliphatic carbocycles. The van der Waals surface area contributed by atoms with Gasteiger partial charge in [-0.2, -0.15) is 0 Å². The summed E-state index contributed by atoms with van der Waals surface area (Å²) in [6, 6.07) is 74.1. The Morgan fingerprint density at radius 3 is 1.04 bits per heavy atom. The minimum Gasteiger partial charge on any atom is -0.311 e. The zero-order valence-electron chi connectivity index (χ0n) is 50.9. The molecule has 0 saturated carbocycles. The van der Waals surface area contributed by atoms with Crippen LogP contribution in [0, 0.1) is 13.8 Å². The summed E-state index contributed by atoms with van der Waals surface area (Å²) >= 11 is 0. The van der Waals surface area contributed by atoms with Gasteiger partial charge in [-0.15, -0.1) is 0 Å². The van der Waals surface area contributed by atoms with Crippen LogP contribution in [-0.4, -0.2) is 6.71 Å². The lowest BCUT2D eigenvalue weighted by atomic mass is 9.32. The van der Waals surface area contributed by atoms with Crippen LogP contribution >= 0.6 is 0 Å². The Morgan fingerprint density at radius 1 is 0.289 bits per heavy atom. The fourth-order valence-electron chi connectivity index (χ4n) is 14.7. The van der Waals surface area contributed by atoms with Gasteiger partial charge in [-0.05, 0) is 221 Å². The highest BCUT2D eigenvalue weighted by Gasteiger charge is 2.47. The molecule has 83 heavy (non-hydrogen) atoms. The van der Waals surface area contributed by atoms with Crippen LogP contribution in [0.5, 0.6) is 0 Å². The van der Waals surface area contributed by atoms with E-state index in [0.717, 1.165) is 0 Å². The summed E-state index contributed by atoms with van der Waals surface area (Å²) in [6.45, 7) is 33.0. The molecule has 13 aromatic rings. The Hall–Kier alpha value is -8.40. The molecule has 2 nitrogen and oxygen atoms in total. The molecule has 0 N–H and O–H groups in total. The molecular formula is C80H73BN2. The molecule has 0 radical (unpaired) electrons. The summed E-state index contributed by atoms with van der Waals surface area (Å²) in [4.78, 5) is 5.45. The lowest BCUT2D eigenvalue weighted by molar-refractivity contribution is 0.568. The van der Waals surface area contributed by atoms with Gasteiger partial charge in [-0.1, -0.05) is 223 Å². The molecule has 0 bridgehead atoms. The van der Waals surface area contributed by atoms with E-state index in [-0.39, 0.29) is 28.4 Å². The molecule has 0 amide bonds. The number of anilines is 6. The number of benzene rings is 13. The standard InChI is InChI=1S/C80H73BN2/c1-46-34-55(48-20-16-15-17-21-48)35-47(2)69(46)56-38-67-76-68(39-56)83(62-44-59(79(9,10)11)41-60(45-62)80(12,13)14)66-37-54-29-27-50-23-19-25-52-31-33-64(73(54)71(50)52)75(66)81(76)74-63-32-30-51-24-18-22-49-26-28-53(72(63)70(49)51)36-65(74)82(67)61-42-57(77(3,4)5)40-58(43-61)78(6,7)8/h15-45H,1-14H3. The van der Waals surface area contributed by atoms with Gasteiger partial charge < -0.3 is 9.80 Å². The Balaban J connectivity index is 1.17. The third kappa shape index (κ3) is 7.83. The highest BCUT2D eigenvalue weighted by atomic mass is 15.2. The van der Waals surface area contributed by atoms with E-state index >= 15 is 0 Å². The van der Waals surface area contributed by atoms with Crippen molar-refractivity contribution in [1.29, 1.82) is 0 Å². The molecule has 2 heterocycles. The van der Waals surface area contributed by atoms with Crippen molar-refractivity contribution >= 4 is 122 Å². The van der Waals surface area contributed by atoms with Crippen molar-refractivity contribution in [2.45, 2.75) is 119 Å². The van der Waals surface area contributed by atoms with E-state index in [2.05, 4.69) is 295 Å². The van der Waals surface area contributed by atoms with Gasteiger partial charge in [-0.25, -0.2) is 0 Å². The van der Waals surface area contributed by atoms with Crippen LogP contribution in [0.1, 0.15) is 116 Å². The van der Waals surface area contributed by atoms with Crippen LogP contribution in [0.3, 0.4) is 0 Å². The average Bonchev–Trinajstić information content (AvgIpc) is 1.51. The van der Waals surface area contributed by atoms with Gasteiger partial charge in [0.25, 0.3) is 6.71 Å². The maximum atomic E-state index is 2.72. The topological polar surface area (TPSA) is 6.48 Å². The highest BCUT2D eigenvalue weighted by molar-refractivity contribution is 7.03. The van der Waals surface area contributed by atoms with E-state index in [9.17, 15) is 0 Å². The van der Waals surface area contributed by atoms with Crippen LogP contribution < -0.4 is 26.2 Å². The van der Waals surface area contributed by atoms with E-state index in [1.54, 1.807) is 0 Å². The molecule has 0 fully saturated rings.